The fourth-order valence-electron chi connectivity index (χ4n) is 4.77. The van der Waals surface area contributed by atoms with Gasteiger partial charge in [-0.25, -0.2) is 0 Å². The van der Waals surface area contributed by atoms with E-state index in [4.69, 9.17) is 0 Å². The first-order valence-electron chi connectivity index (χ1n) is 13.3. The Kier molecular flexibility index (Phi) is 16.2. The van der Waals surface area contributed by atoms with E-state index in [1.807, 2.05) is 13.1 Å². The minimum absolute atomic E-state index is 0.339. The summed E-state index contributed by atoms with van der Waals surface area (Å²) < 4.78 is 0.666. The highest BCUT2D eigenvalue weighted by Gasteiger charge is 2.40. The van der Waals surface area contributed by atoms with Crippen molar-refractivity contribution in [1.29, 1.82) is 0 Å². The van der Waals surface area contributed by atoms with E-state index in [-0.39, 0.29) is 6.23 Å². The van der Waals surface area contributed by atoms with E-state index in [2.05, 4.69) is 37.5 Å². The Balaban J connectivity index is 1.88. The van der Waals surface area contributed by atoms with Crippen LogP contribution >= 0.6 is 0 Å². The van der Waals surface area contributed by atoms with Gasteiger partial charge in [-0.1, -0.05) is 89.7 Å². The summed E-state index contributed by atoms with van der Waals surface area (Å²) in [6.07, 6.45) is 32.0. The van der Waals surface area contributed by atoms with Crippen molar-refractivity contribution in [2.24, 2.45) is 0 Å². The van der Waals surface area contributed by atoms with Crippen LogP contribution in [0.3, 0.4) is 0 Å². The van der Waals surface area contributed by atoms with E-state index in [1.54, 1.807) is 0 Å². The Labute approximate surface area is 188 Å². The van der Waals surface area contributed by atoms with Crippen molar-refractivity contribution in [2.75, 3.05) is 6.54 Å². The van der Waals surface area contributed by atoms with Crippen LogP contribution in [0.4, 0.5) is 0 Å². The molecule has 0 bridgehead atoms. The molecule has 1 aliphatic heterocycles. The second-order valence-electron chi connectivity index (χ2n) is 9.37. The highest BCUT2D eigenvalue weighted by Crippen LogP contribution is 2.25. The van der Waals surface area contributed by atoms with Crippen LogP contribution in [-0.4, -0.2) is 28.5 Å². The normalized spacial score (nSPS) is 22.1. The molecule has 1 heterocycles. The second kappa shape index (κ2) is 17.8. The Morgan fingerprint density at radius 1 is 0.800 bits per heavy atom. The van der Waals surface area contributed by atoms with Crippen LogP contribution < -0.4 is 5.32 Å². The van der Waals surface area contributed by atoms with Crippen LogP contribution in [0.1, 0.15) is 130 Å². The predicted molar refractivity (Wildman–Crippen MR) is 132 cm³/mol. The third-order valence-electron chi connectivity index (χ3n) is 6.95. The van der Waals surface area contributed by atoms with Gasteiger partial charge in [-0.3, -0.25) is 4.48 Å². The number of unbranched alkanes of at least 4 members (excludes halogenated alkanes) is 14. The first-order valence-corrected chi connectivity index (χ1v) is 13.3. The minimum atomic E-state index is -0.343. The lowest BCUT2D eigenvalue weighted by Gasteiger charge is -2.39. The topological polar surface area (TPSA) is 32.3 Å². The zero-order valence-corrected chi connectivity index (χ0v) is 20.6. The van der Waals surface area contributed by atoms with Crippen molar-refractivity contribution in [3.05, 3.63) is 24.6 Å². The molecule has 176 valence electrons. The number of rotatable bonds is 20. The van der Waals surface area contributed by atoms with Crippen LogP contribution in [0.5, 0.6) is 0 Å². The number of nitrogens with one attached hydrogen (secondary N) is 1. The maximum Gasteiger partial charge on any atom is 0.193 e. The molecule has 0 aromatic carbocycles. The first-order chi connectivity index (χ1) is 14.7. The van der Waals surface area contributed by atoms with Gasteiger partial charge < -0.3 is 10.4 Å². The van der Waals surface area contributed by atoms with E-state index in [0.717, 1.165) is 13.0 Å². The molecule has 0 saturated heterocycles. The molecule has 0 spiro atoms. The number of aliphatic hydroxyl groups is 1. The Bertz CT molecular complexity index is 446. The molecule has 0 saturated carbocycles. The molecule has 0 amide bonds. The van der Waals surface area contributed by atoms with Gasteiger partial charge in [0.2, 0.25) is 0 Å². The van der Waals surface area contributed by atoms with Crippen LogP contribution in [0.15, 0.2) is 24.6 Å². The van der Waals surface area contributed by atoms with Crippen molar-refractivity contribution >= 4 is 0 Å². The molecule has 3 atom stereocenters. The van der Waals surface area contributed by atoms with Crippen LogP contribution in [0.25, 0.3) is 0 Å². The Morgan fingerprint density at radius 2 is 1.30 bits per heavy atom. The van der Waals surface area contributed by atoms with Gasteiger partial charge in [0.15, 0.2) is 12.4 Å². The smallest absolute Gasteiger partial charge is 0.193 e. The second-order valence-corrected chi connectivity index (χ2v) is 9.37. The molecule has 2 N–H and O–H groups in total. The molecule has 3 nitrogen and oxygen atoms in total. The maximum atomic E-state index is 10.2. The van der Waals surface area contributed by atoms with Gasteiger partial charge in [0, 0.05) is 13.3 Å². The quantitative estimate of drug-likeness (QED) is 0.119. The van der Waals surface area contributed by atoms with Gasteiger partial charge in [0.05, 0.1) is 12.7 Å². The lowest BCUT2D eigenvalue weighted by Crippen LogP contribution is -2.57. The number of hydrogen-bond donors (Lipinski definition) is 2. The molecule has 1 rings (SSSR count). The summed E-state index contributed by atoms with van der Waals surface area (Å²) in [6.45, 7) is 7.30. The van der Waals surface area contributed by atoms with Crippen molar-refractivity contribution in [1.82, 2.24) is 5.32 Å². The van der Waals surface area contributed by atoms with Crippen LogP contribution in [-0.2, 0) is 0 Å². The average Bonchev–Trinajstić information content (AvgIpc) is 3.17. The van der Waals surface area contributed by atoms with Crippen molar-refractivity contribution in [3.63, 3.8) is 0 Å². The first kappa shape index (κ1) is 27.2. The molecule has 0 fully saturated rings. The Hall–Kier alpha value is -0.800. The fourth-order valence-corrected chi connectivity index (χ4v) is 4.77. The van der Waals surface area contributed by atoms with E-state index < -0.39 is 0 Å². The molecule has 1 aliphatic rings. The summed E-state index contributed by atoms with van der Waals surface area (Å²) in [5.41, 5.74) is 0. The summed E-state index contributed by atoms with van der Waals surface area (Å²) in [7, 11) is 0. The molecule has 3 heteroatoms. The monoisotopic (exact) mass is 421 g/mol. The standard InChI is InChI=1S/C27H53N2O/c1-4-6-7-8-9-10-11-12-13-14-15-16-17-18-19-20-21-22-23-27-28-24-25-29(27,5-2)26(3)30/h17-18,24-28,30H,4-16,19-23H2,1-3H3/q+1/b18-17+. The molecule has 0 radical (unpaired) electrons. The van der Waals surface area contributed by atoms with Crippen molar-refractivity contribution in [2.45, 2.75) is 142 Å². The van der Waals surface area contributed by atoms with Crippen molar-refractivity contribution < 1.29 is 9.59 Å². The molecule has 3 unspecified atom stereocenters. The zero-order valence-electron chi connectivity index (χ0n) is 20.6. The Morgan fingerprint density at radius 3 is 1.80 bits per heavy atom. The summed E-state index contributed by atoms with van der Waals surface area (Å²) in [5, 5.41) is 13.7. The molecule has 0 aliphatic carbocycles. The number of quaternary nitrogens is 1. The summed E-state index contributed by atoms with van der Waals surface area (Å²) in [5.74, 6) is 0. The third-order valence-corrected chi connectivity index (χ3v) is 6.95. The predicted octanol–water partition coefficient (Wildman–Crippen LogP) is 7.77. The fraction of sp³-hybridized carbons (Fsp3) is 0.852. The van der Waals surface area contributed by atoms with Crippen LogP contribution in [0, 0.1) is 0 Å². The highest BCUT2D eigenvalue weighted by molar-refractivity contribution is 4.85. The third kappa shape index (κ3) is 11.0. The highest BCUT2D eigenvalue weighted by atomic mass is 16.3. The van der Waals surface area contributed by atoms with Crippen molar-refractivity contribution in [3.8, 4) is 0 Å². The lowest BCUT2D eigenvalue weighted by molar-refractivity contribution is -0.942. The van der Waals surface area contributed by atoms with Gasteiger partial charge in [-0.05, 0) is 39.0 Å². The van der Waals surface area contributed by atoms with Gasteiger partial charge in [0.1, 0.15) is 6.20 Å². The van der Waals surface area contributed by atoms with Gasteiger partial charge in [-0.2, -0.15) is 0 Å². The van der Waals surface area contributed by atoms with E-state index in [0.29, 0.717) is 10.6 Å². The molecular weight excluding hydrogens is 368 g/mol. The summed E-state index contributed by atoms with van der Waals surface area (Å²) in [4.78, 5) is 0. The zero-order chi connectivity index (χ0) is 21.9. The largest absolute Gasteiger partial charge is 0.345 e. The summed E-state index contributed by atoms with van der Waals surface area (Å²) >= 11 is 0. The van der Waals surface area contributed by atoms with Crippen LogP contribution in [0.2, 0.25) is 0 Å². The van der Waals surface area contributed by atoms with Gasteiger partial charge >= 0.3 is 0 Å². The summed E-state index contributed by atoms with van der Waals surface area (Å²) in [6, 6.07) is 0. The van der Waals surface area contributed by atoms with Gasteiger partial charge in [0.25, 0.3) is 0 Å². The van der Waals surface area contributed by atoms with E-state index in [1.165, 1.54) is 103 Å². The maximum absolute atomic E-state index is 10.2. The SMILES string of the molecule is CCCCCCCCCCCCC/C=C/CCCCCC1NC=C[N+]1(CC)C(C)O. The van der Waals surface area contributed by atoms with Gasteiger partial charge in [-0.15, -0.1) is 0 Å². The van der Waals surface area contributed by atoms with E-state index >= 15 is 0 Å². The number of allylic oxidation sites excluding steroid dienone is 2. The number of hydrogen-bond acceptors (Lipinski definition) is 2. The molecule has 0 aromatic heterocycles. The lowest BCUT2D eigenvalue weighted by atomic mass is 10.0. The molecule has 30 heavy (non-hydrogen) atoms. The average molecular weight is 422 g/mol. The number of nitrogens with zero attached hydrogens (tertiary/aromatic N) is 1. The molecule has 0 aromatic rings. The number of aliphatic hydroxyl groups excluding tert-OH is 1. The molecular formula is C27H53N2O+. The minimum Gasteiger partial charge on any atom is -0.345 e. The van der Waals surface area contributed by atoms with E-state index in [9.17, 15) is 5.11 Å².